The van der Waals surface area contributed by atoms with E-state index in [4.69, 9.17) is 4.98 Å². The van der Waals surface area contributed by atoms with E-state index in [1.807, 2.05) is 67.1 Å². The molecule has 0 aliphatic carbocycles. The van der Waals surface area contributed by atoms with Crippen molar-refractivity contribution in [2.75, 3.05) is 0 Å². The first-order valence-electron chi connectivity index (χ1n) is 13.4. The fraction of sp³-hybridized carbons (Fsp3) is 0.229. The zero-order valence-electron chi connectivity index (χ0n) is 23.4. The van der Waals surface area contributed by atoms with Gasteiger partial charge in [-0.25, -0.2) is 13.8 Å². The average molecular weight is 521 g/mol. The molecular weight excluding hydrogens is 486 g/mol. The SMILES string of the molecule is Cc1cc(C)c(-n2cc(-c3ccccc3-c3ccccc3)nc2-c2c(F)cccc2C(C)(C)[C@@H](C)F)c(C)c1. The Kier molecular flexibility index (Phi) is 6.98. The molecule has 4 heteroatoms. The predicted molar refractivity (Wildman–Crippen MR) is 158 cm³/mol. The highest BCUT2D eigenvalue weighted by atomic mass is 19.1. The molecule has 1 heterocycles. The highest BCUT2D eigenvalue weighted by Gasteiger charge is 2.34. The van der Waals surface area contributed by atoms with Crippen LogP contribution in [0.5, 0.6) is 0 Å². The minimum absolute atomic E-state index is 0.329. The average Bonchev–Trinajstić information content (AvgIpc) is 3.32. The van der Waals surface area contributed by atoms with Gasteiger partial charge in [-0.2, -0.15) is 0 Å². The lowest BCUT2D eigenvalue weighted by Gasteiger charge is -2.29. The molecule has 0 fully saturated rings. The van der Waals surface area contributed by atoms with E-state index in [0.29, 0.717) is 17.0 Å². The quantitative estimate of drug-likeness (QED) is 0.218. The van der Waals surface area contributed by atoms with Gasteiger partial charge in [0.1, 0.15) is 17.8 Å². The molecule has 0 aliphatic heterocycles. The van der Waals surface area contributed by atoms with Crippen LogP contribution in [0.3, 0.4) is 0 Å². The first-order valence-corrected chi connectivity index (χ1v) is 13.4. The number of aryl methyl sites for hydroxylation is 3. The zero-order chi connectivity index (χ0) is 27.9. The molecule has 0 spiro atoms. The molecule has 0 bridgehead atoms. The van der Waals surface area contributed by atoms with Gasteiger partial charge in [0.25, 0.3) is 0 Å². The number of rotatable bonds is 6. The summed E-state index contributed by atoms with van der Waals surface area (Å²) in [4.78, 5) is 5.11. The second kappa shape index (κ2) is 10.3. The molecule has 0 saturated heterocycles. The molecule has 0 saturated carbocycles. The first-order chi connectivity index (χ1) is 18.6. The van der Waals surface area contributed by atoms with Crippen molar-refractivity contribution in [1.82, 2.24) is 9.55 Å². The van der Waals surface area contributed by atoms with Gasteiger partial charge >= 0.3 is 0 Å². The van der Waals surface area contributed by atoms with E-state index in [1.165, 1.54) is 13.0 Å². The molecule has 5 rings (SSSR count). The highest BCUT2D eigenvalue weighted by Crippen LogP contribution is 2.41. The third-order valence-electron chi connectivity index (χ3n) is 7.80. The Morgan fingerprint density at radius 2 is 1.41 bits per heavy atom. The number of halogens is 2. The molecule has 1 aromatic heterocycles. The summed E-state index contributed by atoms with van der Waals surface area (Å²) < 4.78 is 32.8. The van der Waals surface area contributed by atoms with E-state index >= 15 is 4.39 Å². The number of alkyl halides is 1. The summed E-state index contributed by atoms with van der Waals surface area (Å²) in [5.41, 5.74) is 8.01. The molecule has 2 nitrogen and oxygen atoms in total. The minimum atomic E-state index is -1.19. The maximum Gasteiger partial charge on any atom is 0.148 e. The van der Waals surface area contributed by atoms with E-state index in [-0.39, 0.29) is 0 Å². The molecule has 39 heavy (non-hydrogen) atoms. The van der Waals surface area contributed by atoms with Crippen molar-refractivity contribution in [3.8, 4) is 39.5 Å². The van der Waals surface area contributed by atoms with Crippen molar-refractivity contribution in [2.45, 2.75) is 53.1 Å². The largest absolute Gasteiger partial charge is 0.299 e. The normalized spacial score (nSPS) is 12.5. The van der Waals surface area contributed by atoms with E-state index < -0.39 is 17.4 Å². The minimum Gasteiger partial charge on any atom is -0.299 e. The lowest BCUT2D eigenvalue weighted by molar-refractivity contribution is 0.237. The smallest absolute Gasteiger partial charge is 0.148 e. The number of hydrogen-bond acceptors (Lipinski definition) is 1. The van der Waals surface area contributed by atoms with Gasteiger partial charge in [-0.3, -0.25) is 4.57 Å². The topological polar surface area (TPSA) is 17.8 Å². The van der Waals surface area contributed by atoms with Crippen LogP contribution in [0.1, 0.15) is 43.0 Å². The molecule has 0 N–H and O–H groups in total. The van der Waals surface area contributed by atoms with Crippen molar-refractivity contribution in [1.29, 1.82) is 0 Å². The summed E-state index contributed by atoms with van der Waals surface area (Å²) in [5, 5.41) is 0. The molecule has 198 valence electrons. The van der Waals surface area contributed by atoms with E-state index in [2.05, 4.69) is 51.1 Å². The van der Waals surface area contributed by atoms with Gasteiger partial charge in [0, 0.05) is 17.2 Å². The third-order valence-corrected chi connectivity index (χ3v) is 7.80. The fourth-order valence-corrected chi connectivity index (χ4v) is 5.49. The van der Waals surface area contributed by atoms with E-state index in [0.717, 1.165) is 44.8 Å². The van der Waals surface area contributed by atoms with Gasteiger partial charge in [-0.05, 0) is 61.6 Å². The van der Waals surface area contributed by atoms with E-state index in [9.17, 15) is 4.39 Å². The standard InChI is InChI=1S/C35H34F2N2/c1-22-19-23(2)33(24(3)20-22)39-21-31(28-16-11-10-15-27(28)26-13-8-7-9-14-26)38-34(39)32-29(17-12-18-30(32)37)35(5,6)25(4)36/h7-21,25H,1-6H3/t25-/m1/s1. The molecule has 0 amide bonds. The van der Waals surface area contributed by atoms with Gasteiger partial charge in [-0.1, -0.05) is 98.3 Å². The van der Waals surface area contributed by atoms with Crippen LogP contribution in [0, 0.1) is 26.6 Å². The summed E-state index contributed by atoms with van der Waals surface area (Å²) in [6, 6.07) is 27.5. The van der Waals surface area contributed by atoms with Gasteiger partial charge in [-0.15, -0.1) is 0 Å². The third kappa shape index (κ3) is 4.80. The molecule has 5 aromatic rings. The van der Waals surface area contributed by atoms with Crippen molar-refractivity contribution >= 4 is 0 Å². The summed E-state index contributed by atoms with van der Waals surface area (Å²) in [6.45, 7) is 11.4. The number of aromatic nitrogens is 2. The Labute approximate surface area is 230 Å². The van der Waals surface area contributed by atoms with Crippen LogP contribution in [-0.2, 0) is 5.41 Å². The van der Waals surface area contributed by atoms with Crippen LogP contribution in [0.2, 0.25) is 0 Å². The van der Waals surface area contributed by atoms with Crippen molar-refractivity contribution < 1.29 is 8.78 Å². The van der Waals surface area contributed by atoms with Crippen molar-refractivity contribution in [2.24, 2.45) is 0 Å². The lowest BCUT2D eigenvalue weighted by atomic mass is 9.78. The van der Waals surface area contributed by atoms with Crippen molar-refractivity contribution in [3.63, 3.8) is 0 Å². The summed E-state index contributed by atoms with van der Waals surface area (Å²) in [7, 11) is 0. The number of benzene rings is 4. The maximum atomic E-state index is 15.9. The number of nitrogens with zero attached hydrogens (tertiary/aromatic N) is 2. The molecule has 1 atom stereocenters. The lowest BCUT2D eigenvalue weighted by Crippen LogP contribution is -2.29. The van der Waals surface area contributed by atoms with Crippen LogP contribution in [0.25, 0.3) is 39.5 Å². The van der Waals surface area contributed by atoms with Crippen LogP contribution in [0.4, 0.5) is 8.78 Å². The van der Waals surface area contributed by atoms with Gasteiger partial charge in [0.2, 0.25) is 0 Å². The Morgan fingerprint density at radius 3 is 2.05 bits per heavy atom. The molecule has 0 radical (unpaired) electrons. The molecule has 0 aliphatic rings. The monoisotopic (exact) mass is 520 g/mol. The van der Waals surface area contributed by atoms with Gasteiger partial charge < -0.3 is 0 Å². The number of imidazole rings is 1. The van der Waals surface area contributed by atoms with Crippen LogP contribution in [-0.4, -0.2) is 15.7 Å². The fourth-order valence-electron chi connectivity index (χ4n) is 5.49. The second-order valence-electron chi connectivity index (χ2n) is 11.0. The Balaban J connectivity index is 1.85. The van der Waals surface area contributed by atoms with Crippen LogP contribution >= 0.6 is 0 Å². The zero-order valence-corrected chi connectivity index (χ0v) is 23.4. The molecular formula is C35H34F2N2. The summed E-state index contributed by atoms with van der Waals surface area (Å²) >= 11 is 0. The van der Waals surface area contributed by atoms with Gasteiger partial charge in [0.15, 0.2) is 0 Å². The van der Waals surface area contributed by atoms with Crippen molar-refractivity contribution in [3.05, 3.63) is 119 Å². The predicted octanol–water partition coefficient (Wildman–Crippen LogP) is 9.57. The second-order valence-corrected chi connectivity index (χ2v) is 11.0. The molecule has 4 aromatic carbocycles. The first kappa shape index (κ1) is 26.6. The van der Waals surface area contributed by atoms with Gasteiger partial charge in [0.05, 0.1) is 16.9 Å². The van der Waals surface area contributed by atoms with E-state index in [1.54, 1.807) is 6.07 Å². The Hall–Kier alpha value is -4.05. The number of hydrogen-bond donors (Lipinski definition) is 0. The Morgan fingerprint density at radius 1 is 0.795 bits per heavy atom. The maximum absolute atomic E-state index is 15.9. The molecule has 0 unspecified atom stereocenters. The summed E-state index contributed by atoms with van der Waals surface area (Å²) in [6.07, 6.45) is 0.798. The highest BCUT2D eigenvalue weighted by molar-refractivity contribution is 5.83. The van der Waals surface area contributed by atoms with Crippen LogP contribution in [0.15, 0.2) is 91.1 Å². The Bertz CT molecular complexity index is 1620. The van der Waals surface area contributed by atoms with Crippen LogP contribution < -0.4 is 0 Å². The summed E-state index contributed by atoms with van der Waals surface area (Å²) in [5.74, 6) is 0.0446.